The minimum atomic E-state index is -0.760. The highest BCUT2D eigenvalue weighted by molar-refractivity contribution is 5.50. The molecule has 5 heteroatoms. The molecule has 4 rings (SSSR count). The van der Waals surface area contributed by atoms with Crippen molar-refractivity contribution in [2.24, 2.45) is 34.8 Å². The molecule has 3 aliphatic rings. The Hall–Kier alpha value is -1.27. The van der Waals surface area contributed by atoms with E-state index in [0.717, 1.165) is 49.0 Å². The predicted molar refractivity (Wildman–Crippen MR) is 132 cm³/mol. The van der Waals surface area contributed by atoms with Crippen LogP contribution in [0, 0.1) is 36.0 Å². The molecule has 7 atom stereocenters. The highest BCUT2D eigenvalue weighted by Gasteiger charge is 2.53. The van der Waals surface area contributed by atoms with E-state index in [2.05, 4.69) is 38.1 Å². The summed E-state index contributed by atoms with van der Waals surface area (Å²) in [5.74, 6) is 2.84. The maximum Gasteiger partial charge on any atom is 0.100 e. The maximum absolute atomic E-state index is 9.68. The van der Waals surface area contributed by atoms with Crippen LogP contribution in [0.1, 0.15) is 76.1 Å². The Kier molecular flexibility index (Phi) is 8.27. The van der Waals surface area contributed by atoms with Crippen molar-refractivity contribution in [3.05, 3.63) is 35.2 Å². The smallest absolute Gasteiger partial charge is 0.100 e. The van der Waals surface area contributed by atoms with Crippen LogP contribution in [0.5, 0.6) is 0 Å². The molecule has 33 heavy (non-hydrogen) atoms. The summed E-state index contributed by atoms with van der Waals surface area (Å²) in [6.07, 6.45) is 12.5. The molecule has 0 aliphatic heterocycles. The van der Waals surface area contributed by atoms with Crippen LogP contribution in [0.15, 0.2) is 23.8 Å². The normalized spacial score (nSPS) is 36.3. The number of hydrogen-bond donors (Lipinski definition) is 3. The molecule has 3 aliphatic carbocycles. The largest absolute Gasteiger partial charge is 0.394 e. The molecule has 0 radical (unpaired) electrons. The Morgan fingerprint density at radius 3 is 2.88 bits per heavy atom. The van der Waals surface area contributed by atoms with Gasteiger partial charge in [-0.1, -0.05) is 18.6 Å². The predicted octanol–water partition coefficient (Wildman–Crippen LogP) is 4.49. The lowest BCUT2D eigenvalue weighted by Gasteiger charge is -2.58. The van der Waals surface area contributed by atoms with Gasteiger partial charge in [-0.2, -0.15) is 0 Å². The van der Waals surface area contributed by atoms with Crippen molar-refractivity contribution in [3.63, 3.8) is 0 Å². The topological polar surface area (TPSA) is 88.6 Å². The summed E-state index contributed by atoms with van der Waals surface area (Å²) in [6.45, 7) is 5.42. The van der Waals surface area contributed by atoms with Gasteiger partial charge in [-0.25, -0.2) is 0 Å². The first-order valence-electron chi connectivity index (χ1n) is 13.2. The summed E-state index contributed by atoms with van der Waals surface area (Å²) < 4.78 is 5.99. The maximum atomic E-state index is 9.68. The number of allylic oxidation sites excluding steroid dienone is 1. The molecule has 0 saturated heterocycles. The van der Waals surface area contributed by atoms with E-state index >= 15 is 0 Å². The first-order chi connectivity index (χ1) is 15.9. The fourth-order valence-electron chi connectivity index (χ4n) is 7.41. The Bertz CT molecular complexity index is 812. The summed E-state index contributed by atoms with van der Waals surface area (Å²) in [6, 6.07) is 6.32. The number of aliphatic hydroxyl groups is 2. The second-order valence-electron chi connectivity index (χ2n) is 11.1. The number of ether oxygens (including phenoxy) is 1. The van der Waals surface area contributed by atoms with Gasteiger partial charge in [-0.3, -0.25) is 4.98 Å². The third-order valence-electron chi connectivity index (χ3n) is 9.13. The Morgan fingerprint density at radius 1 is 1.27 bits per heavy atom. The highest BCUT2D eigenvalue weighted by Crippen LogP contribution is 2.61. The molecule has 0 bridgehead atoms. The van der Waals surface area contributed by atoms with Crippen molar-refractivity contribution in [3.8, 4) is 0 Å². The molecule has 0 spiro atoms. The average molecular weight is 457 g/mol. The van der Waals surface area contributed by atoms with Gasteiger partial charge < -0.3 is 20.7 Å². The zero-order valence-electron chi connectivity index (χ0n) is 20.6. The zero-order valence-corrected chi connectivity index (χ0v) is 20.6. The first-order valence-corrected chi connectivity index (χ1v) is 13.2. The van der Waals surface area contributed by atoms with Crippen LogP contribution >= 0.6 is 0 Å². The van der Waals surface area contributed by atoms with Crippen molar-refractivity contribution < 1.29 is 14.9 Å². The fourth-order valence-corrected chi connectivity index (χ4v) is 7.41. The zero-order chi connectivity index (χ0) is 23.4. The van der Waals surface area contributed by atoms with Gasteiger partial charge in [-0.05, 0) is 119 Å². The molecule has 4 N–H and O–H groups in total. The van der Waals surface area contributed by atoms with Gasteiger partial charge >= 0.3 is 0 Å². The molecule has 3 saturated carbocycles. The van der Waals surface area contributed by atoms with Crippen LogP contribution in [0.25, 0.3) is 6.08 Å². The SMILES string of the molecule is Cc1cccc(/C=C2/CCC3[C@@H](CCC4C[C@@H](OC[C@H](O)CO)CCC43C)C2CCCN)n1. The van der Waals surface area contributed by atoms with Crippen molar-refractivity contribution in [1.29, 1.82) is 0 Å². The van der Waals surface area contributed by atoms with E-state index in [1.165, 1.54) is 38.5 Å². The number of nitrogens with zero attached hydrogens (tertiary/aromatic N) is 1. The molecule has 0 aromatic carbocycles. The highest BCUT2D eigenvalue weighted by atomic mass is 16.5. The van der Waals surface area contributed by atoms with E-state index in [9.17, 15) is 5.11 Å². The summed E-state index contributed by atoms with van der Waals surface area (Å²) in [5.41, 5.74) is 10.1. The molecule has 1 aromatic rings. The molecule has 1 aromatic heterocycles. The van der Waals surface area contributed by atoms with Gasteiger partial charge in [0.05, 0.1) is 25.0 Å². The lowest BCUT2D eigenvalue weighted by atomic mass is 9.47. The van der Waals surface area contributed by atoms with E-state index in [-0.39, 0.29) is 19.3 Å². The van der Waals surface area contributed by atoms with Crippen LogP contribution < -0.4 is 5.73 Å². The number of hydrogen-bond acceptors (Lipinski definition) is 5. The fraction of sp³-hybridized carbons (Fsp3) is 0.750. The lowest BCUT2D eigenvalue weighted by molar-refractivity contribution is -0.116. The molecule has 4 unspecified atom stereocenters. The van der Waals surface area contributed by atoms with Crippen molar-refractivity contribution >= 4 is 6.08 Å². The summed E-state index contributed by atoms with van der Waals surface area (Å²) in [4.78, 5) is 4.76. The monoisotopic (exact) mass is 456 g/mol. The second-order valence-corrected chi connectivity index (χ2v) is 11.1. The lowest BCUT2D eigenvalue weighted by Crippen LogP contribution is -2.51. The van der Waals surface area contributed by atoms with E-state index in [4.69, 9.17) is 20.6 Å². The van der Waals surface area contributed by atoms with Crippen LogP contribution in [-0.4, -0.2) is 47.2 Å². The third kappa shape index (κ3) is 5.53. The number of aromatic nitrogens is 1. The third-order valence-corrected chi connectivity index (χ3v) is 9.13. The van der Waals surface area contributed by atoms with E-state index in [1.807, 2.05) is 0 Å². The van der Waals surface area contributed by atoms with Crippen LogP contribution in [-0.2, 0) is 4.74 Å². The molecular formula is C28H44N2O3. The van der Waals surface area contributed by atoms with Crippen LogP contribution in [0.3, 0.4) is 0 Å². The van der Waals surface area contributed by atoms with E-state index < -0.39 is 6.10 Å². The number of nitrogens with two attached hydrogens (primary N) is 1. The quantitative estimate of drug-likeness (QED) is 0.536. The van der Waals surface area contributed by atoms with Gasteiger partial charge in [0.2, 0.25) is 0 Å². The minimum Gasteiger partial charge on any atom is -0.394 e. The summed E-state index contributed by atoms with van der Waals surface area (Å²) >= 11 is 0. The van der Waals surface area contributed by atoms with Crippen molar-refractivity contribution in [1.82, 2.24) is 4.98 Å². The van der Waals surface area contributed by atoms with Gasteiger partial charge in [0.15, 0.2) is 0 Å². The van der Waals surface area contributed by atoms with Crippen molar-refractivity contribution in [2.75, 3.05) is 19.8 Å². The molecule has 1 heterocycles. The number of aliphatic hydroxyl groups excluding tert-OH is 2. The van der Waals surface area contributed by atoms with Gasteiger partial charge in [0.1, 0.15) is 6.10 Å². The van der Waals surface area contributed by atoms with E-state index in [0.29, 0.717) is 17.3 Å². The number of fused-ring (bicyclic) bond motifs is 3. The number of rotatable bonds is 8. The first kappa shape index (κ1) is 24.8. The van der Waals surface area contributed by atoms with Crippen molar-refractivity contribution in [2.45, 2.75) is 83.8 Å². The number of aryl methyl sites for hydroxylation is 1. The Labute approximate surface area is 199 Å². The summed E-state index contributed by atoms with van der Waals surface area (Å²) in [7, 11) is 0. The second kappa shape index (κ2) is 11.0. The molecular weight excluding hydrogens is 412 g/mol. The number of pyridine rings is 1. The minimum absolute atomic E-state index is 0.223. The van der Waals surface area contributed by atoms with Crippen LogP contribution in [0.2, 0.25) is 0 Å². The van der Waals surface area contributed by atoms with E-state index in [1.54, 1.807) is 5.57 Å². The van der Waals surface area contributed by atoms with Gasteiger partial charge in [0.25, 0.3) is 0 Å². The Morgan fingerprint density at radius 2 is 2.12 bits per heavy atom. The Balaban J connectivity index is 1.50. The molecule has 184 valence electrons. The molecule has 3 fully saturated rings. The van der Waals surface area contributed by atoms with Gasteiger partial charge in [0, 0.05) is 5.69 Å². The average Bonchev–Trinajstić information content (AvgIpc) is 2.81. The standard InChI is InChI=1S/C28H44N2O3/c1-19-5-3-6-22(30-19)15-20-8-11-27-26(25(20)7-4-14-29)10-9-21-16-24(12-13-28(21,27)2)33-18-23(32)17-31/h3,5-6,15,21,23-27,31-32H,4,7-14,16-18,29H2,1-2H3/b20-15-/t21?,23-,24+,25?,26+,27?,28?/m1/s1. The molecule has 5 nitrogen and oxygen atoms in total. The van der Waals surface area contributed by atoms with Crippen LogP contribution in [0.4, 0.5) is 0 Å². The summed E-state index contributed by atoms with van der Waals surface area (Å²) in [5, 5.41) is 18.8. The van der Waals surface area contributed by atoms with Gasteiger partial charge in [-0.15, -0.1) is 0 Å². The molecule has 0 amide bonds.